The first-order valence-corrected chi connectivity index (χ1v) is 19.7. The van der Waals surface area contributed by atoms with Gasteiger partial charge in [0.25, 0.3) is 0 Å². The fraction of sp³-hybridized carbons (Fsp3) is 0.216. The van der Waals surface area contributed by atoms with E-state index in [0.717, 1.165) is 0 Å². The molecule has 2 nitrogen and oxygen atoms in total. The molecule has 0 N–H and O–H groups in total. The molecule has 8 rings (SSSR count). The fourth-order valence-electron chi connectivity index (χ4n) is 5.87. The molecule has 0 saturated carbocycles. The zero-order valence-corrected chi connectivity index (χ0v) is 33.9. The highest BCUT2D eigenvalue weighted by Gasteiger charge is 2.16. The summed E-state index contributed by atoms with van der Waals surface area (Å²) in [6.07, 6.45) is 0. The van der Waals surface area contributed by atoms with E-state index in [2.05, 4.69) is 192 Å². The lowest BCUT2D eigenvalue weighted by molar-refractivity contribution is 0.926. The maximum atomic E-state index is 2.33. The van der Waals surface area contributed by atoms with E-state index in [1.54, 1.807) is 0 Å². The third-order valence-electron chi connectivity index (χ3n) is 7.95. The highest BCUT2D eigenvalue weighted by molar-refractivity contribution is 6.22. The van der Waals surface area contributed by atoms with E-state index in [1.165, 1.54) is 55.1 Å². The van der Waals surface area contributed by atoms with Crippen molar-refractivity contribution >= 4 is 55.1 Å². The standard InChI is InChI=1S/C25H22N2.C16H10.5C2H6/c1-5-13-22(14-6-1)26(23-15-7-2-8-16-23)21-27(24-17-9-3-10-18-24)25-19-11-4-12-20-25;1-3-11-7-9-13-5-2-6-14-10-8-12(4-1)15(11)16(13)14;5*1-2/h1-20H,21H2;1-10H;5*1-2H3. The lowest BCUT2D eigenvalue weighted by Crippen LogP contribution is -2.32. The average Bonchev–Trinajstić information content (AvgIpc) is 3.28. The van der Waals surface area contributed by atoms with Crippen LogP contribution in [0.5, 0.6) is 0 Å². The summed E-state index contributed by atoms with van der Waals surface area (Å²) >= 11 is 0. The Balaban J connectivity index is 0.000000318. The maximum absolute atomic E-state index is 2.33. The quantitative estimate of drug-likeness (QED) is 0.126. The van der Waals surface area contributed by atoms with Gasteiger partial charge in [-0.15, -0.1) is 0 Å². The van der Waals surface area contributed by atoms with E-state index in [0.29, 0.717) is 6.67 Å². The molecule has 8 aromatic carbocycles. The van der Waals surface area contributed by atoms with Gasteiger partial charge < -0.3 is 9.80 Å². The number of para-hydroxylation sites is 4. The summed E-state index contributed by atoms with van der Waals surface area (Å²) in [5.41, 5.74) is 4.67. The predicted octanol–water partition coefficient (Wildman–Crippen LogP) is 16.3. The van der Waals surface area contributed by atoms with Crippen molar-refractivity contribution in [3.05, 3.63) is 182 Å². The molecule has 0 aliphatic heterocycles. The summed E-state index contributed by atoms with van der Waals surface area (Å²) in [4.78, 5) is 4.67. The molecule has 0 aliphatic rings. The van der Waals surface area contributed by atoms with Crippen LogP contribution in [-0.2, 0) is 0 Å². The van der Waals surface area contributed by atoms with Crippen molar-refractivity contribution in [1.82, 2.24) is 0 Å². The van der Waals surface area contributed by atoms with Crippen molar-refractivity contribution in [2.45, 2.75) is 69.2 Å². The smallest absolute Gasteiger partial charge is 0.0999 e. The van der Waals surface area contributed by atoms with Gasteiger partial charge in [0.15, 0.2) is 0 Å². The highest BCUT2D eigenvalue weighted by atomic mass is 15.3. The number of benzene rings is 8. The lowest BCUT2D eigenvalue weighted by atomic mass is 9.95. The van der Waals surface area contributed by atoms with Gasteiger partial charge in [0.05, 0.1) is 6.67 Å². The first-order chi connectivity index (χ1) is 26.3. The molecule has 0 saturated heterocycles. The zero-order valence-electron chi connectivity index (χ0n) is 33.9. The van der Waals surface area contributed by atoms with E-state index in [9.17, 15) is 0 Å². The highest BCUT2D eigenvalue weighted by Crippen LogP contribution is 2.34. The molecular formula is C51H62N2. The molecule has 0 heterocycles. The molecule has 2 heteroatoms. The molecule has 53 heavy (non-hydrogen) atoms. The van der Waals surface area contributed by atoms with Gasteiger partial charge in [0.2, 0.25) is 0 Å². The lowest BCUT2D eigenvalue weighted by Gasteiger charge is -2.33. The second-order valence-electron chi connectivity index (χ2n) is 10.6. The summed E-state index contributed by atoms with van der Waals surface area (Å²) in [5.74, 6) is 0. The maximum Gasteiger partial charge on any atom is 0.0999 e. The van der Waals surface area contributed by atoms with Crippen LogP contribution in [0.3, 0.4) is 0 Å². The van der Waals surface area contributed by atoms with Crippen LogP contribution in [0.2, 0.25) is 0 Å². The summed E-state index contributed by atoms with van der Waals surface area (Å²) in [6.45, 7) is 20.7. The Kier molecular flexibility index (Phi) is 20.9. The molecule has 0 aliphatic carbocycles. The zero-order chi connectivity index (χ0) is 38.8. The Morgan fingerprint density at radius 1 is 0.245 bits per heavy atom. The third-order valence-corrected chi connectivity index (χ3v) is 7.95. The molecule has 0 radical (unpaired) electrons. The van der Waals surface area contributed by atoms with Gasteiger partial charge in [0, 0.05) is 22.7 Å². The minimum atomic E-state index is 0.710. The van der Waals surface area contributed by atoms with Gasteiger partial charge in [-0.2, -0.15) is 0 Å². The van der Waals surface area contributed by atoms with Crippen molar-refractivity contribution in [2.75, 3.05) is 16.5 Å². The molecule has 0 atom stereocenters. The Labute approximate surface area is 321 Å². The molecular weight excluding hydrogens is 641 g/mol. The van der Waals surface area contributed by atoms with E-state index in [-0.39, 0.29) is 0 Å². The van der Waals surface area contributed by atoms with E-state index in [4.69, 9.17) is 0 Å². The predicted molar refractivity (Wildman–Crippen MR) is 242 cm³/mol. The Hall–Kier alpha value is -5.60. The molecule has 0 fully saturated rings. The monoisotopic (exact) mass is 702 g/mol. The van der Waals surface area contributed by atoms with Gasteiger partial charge in [-0.1, -0.05) is 203 Å². The number of rotatable bonds is 6. The average molecular weight is 703 g/mol. The summed E-state index contributed by atoms with van der Waals surface area (Å²) in [7, 11) is 0. The second kappa shape index (κ2) is 25.4. The molecule has 0 unspecified atom stereocenters. The number of nitrogens with zero attached hydrogens (tertiary/aromatic N) is 2. The molecule has 0 bridgehead atoms. The normalized spacial score (nSPS) is 9.40. The first kappa shape index (κ1) is 43.6. The van der Waals surface area contributed by atoms with Gasteiger partial charge in [-0.3, -0.25) is 0 Å². The van der Waals surface area contributed by atoms with Gasteiger partial charge in [-0.25, -0.2) is 0 Å². The molecule has 276 valence electrons. The minimum Gasteiger partial charge on any atom is -0.323 e. The van der Waals surface area contributed by atoms with Crippen LogP contribution in [0.4, 0.5) is 22.7 Å². The van der Waals surface area contributed by atoms with Crippen LogP contribution in [0, 0.1) is 0 Å². The largest absolute Gasteiger partial charge is 0.323 e. The number of anilines is 4. The first-order valence-electron chi connectivity index (χ1n) is 19.7. The van der Waals surface area contributed by atoms with Gasteiger partial charge >= 0.3 is 0 Å². The van der Waals surface area contributed by atoms with Crippen LogP contribution < -0.4 is 9.80 Å². The second-order valence-corrected chi connectivity index (χ2v) is 10.6. The number of hydrogen-bond donors (Lipinski definition) is 0. The van der Waals surface area contributed by atoms with Crippen LogP contribution in [0.25, 0.3) is 32.3 Å². The molecule has 0 amide bonds. The molecule has 0 spiro atoms. The topological polar surface area (TPSA) is 6.48 Å². The van der Waals surface area contributed by atoms with Crippen molar-refractivity contribution in [2.24, 2.45) is 0 Å². The third kappa shape index (κ3) is 11.7. The summed E-state index contributed by atoms with van der Waals surface area (Å²) in [6, 6.07) is 64.0. The van der Waals surface area contributed by atoms with Gasteiger partial charge in [-0.05, 0) is 80.8 Å². The summed E-state index contributed by atoms with van der Waals surface area (Å²) in [5, 5.41) is 8.14. The fourth-order valence-corrected chi connectivity index (χ4v) is 5.87. The van der Waals surface area contributed by atoms with Crippen molar-refractivity contribution in [3.63, 3.8) is 0 Å². The van der Waals surface area contributed by atoms with Gasteiger partial charge in [0.1, 0.15) is 0 Å². The number of hydrogen-bond acceptors (Lipinski definition) is 2. The molecule has 8 aromatic rings. The Morgan fingerprint density at radius 3 is 0.660 bits per heavy atom. The van der Waals surface area contributed by atoms with Crippen molar-refractivity contribution in [1.29, 1.82) is 0 Å². The molecule has 0 aromatic heterocycles. The van der Waals surface area contributed by atoms with E-state index in [1.807, 2.05) is 69.2 Å². The minimum absolute atomic E-state index is 0.710. The van der Waals surface area contributed by atoms with E-state index >= 15 is 0 Å². The van der Waals surface area contributed by atoms with Crippen LogP contribution in [0.1, 0.15) is 69.2 Å². The Morgan fingerprint density at radius 2 is 0.453 bits per heavy atom. The van der Waals surface area contributed by atoms with Crippen molar-refractivity contribution in [3.8, 4) is 0 Å². The Bertz CT molecular complexity index is 1750. The van der Waals surface area contributed by atoms with Crippen LogP contribution in [0.15, 0.2) is 182 Å². The van der Waals surface area contributed by atoms with E-state index < -0.39 is 0 Å². The van der Waals surface area contributed by atoms with Crippen LogP contribution >= 0.6 is 0 Å². The van der Waals surface area contributed by atoms with Crippen molar-refractivity contribution < 1.29 is 0 Å². The van der Waals surface area contributed by atoms with Crippen LogP contribution in [-0.4, -0.2) is 6.67 Å². The summed E-state index contributed by atoms with van der Waals surface area (Å²) < 4.78 is 0. The SMILES string of the molecule is CC.CC.CC.CC.CC.c1cc2ccc3cccc4ccc(c1)c2c34.c1ccc(N(CN(c2ccccc2)c2ccccc2)c2ccccc2)cc1.